The van der Waals surface area contributed by atoms with E-state index in [-0.39, 0.29) is 5.54 Å². The van der Waals surface area contributed by atoms with E-state index in [2.05, 4.69) is 47.3 Å². The first-order valence-corrected chi connectivity index (χ1v) is 13.9. The van der Waals surface area contributed by atoms with Gasteiger partial charge < -0.3 is 4.90 Å². The summed E-state index contributed by atoms with van der Waals surface area (Å²) in [5, 5.41) is 0.989. The van der Waals surface area contributed by atoms with Gasteiger partial charge in [0.2, 0.25) is 0 Å². The van der Waals surface area contributed by atoms with Crippen molar-refractivity contribution in [1.82, 2.24) is 19.6 Å². The Hall–Kier alpha value is -0.300. The Balaban J connectivity index is 2.18. The highest BCUT2D eigenvalue weighted by molar-refractivity contribution is 7.82. The Kier molecular flexibility index (Phi) is 12.2. The summed E-state index contributed by atoms with van der Waals surface area (Å²) in [7, 11) is 0. The zero-order valence-electron chi connectivity index (χ0n) is 20.8. The van der Waals surface area contributed by atoms with E-state index in [4.69, 9.17) is 24.4 Å². The average molecular weight is 469 g/mol. The number of unbranched alkanes of at least 4 members (excludes halogenated alkanes) is 4. The summed E-state index contributed by atoms with van der Waals surface area (Å²) in [5.74, 6) is 0. The molecule has 2 aliphatic rings. The monoisotopic (exact) mass is 468 g/mol. The van der Waals surface area contributed by atoms with Crippen LogP contribution < -0.4 is 0 Å². The normalized spacial score (nSPS) is 18.5. The number of nitrogens with zero attached hydrogens (tertiary/aromatic N) is 4. The van der Waals surface area contributed by atoms with Gasteiger partial charge in [-0.3, -0.25) is 14.7 Å². The summed E-state index contributed by atoms with van der Waals surface area (Å²) >= 11 is 12.3. The van der Waals surface area contributed by atoms with Crippen molar-refractivity contribution < 1.29 is 0 Å². The molecule has 2 fully saturated rings. The van der Waals surface area contributed by atoms with Gasteiger partial charge in [0.1, 0.15) is 4.99 Å². The summed E-state index contributed by atoms with van der Waals surface area (Å²) in [6, 6.07) is 0. The van der Waals surface area contributed by atoms with Gasteiger partial charge in [0.05, 0.1) is 18.9 Å². The van der Waals surface area contributed by atoms with Crippen LogP contribution in [0.4, 0.5) is 0 Å². The first-order chi connectivity index (χ1) is 15.0. The summed E-state index contributed by atoms with van der Waals surface area (Å²) in [4.78, 5) is 11.2. The van der Waals surface area contributed by atoms with Gasteiger partial charge in [-0.25, -0.2) is 0 Å². The average Bonchev–Trinajstić information content (AvgIpc) is 3.33. The number of hydrogen-bond acceptors (Lipinski definition) is 4. The number of rotatable bonds is 16. The lowest BCUT2D eigenvalue weighted by Crippen LogP contribution is -2.51. The number of hydrogen-bond donors (Lipinski definition) is 0. The molecule has 1 saturated carbocycles. The molecule has 0 radical (unpaired) electrons. The van der Waals surface area contributed by atoms with Crippen LogP contribution in [0.2, 0.25) is 0 Å². The topological polar surface area (TPSA) is 13.0 Å². The zero-order chi connectivity index (χ0) is 22.7. The molecule has 1 spiro atoms. The van der Waals surface area contributed by atoms with Crippen molar-refractivity contribution >= 4 is 34.5 Å². The van der Waals surface area contributed by atoms with Gasteiger partial charge in [-0.15, -0.1) is 0 Å². The Morgan fingerprint density at radius 1 is 0.710 bits per heavy atom. The summed E-state index contributed by atoms with van der Waals surface area (Å²) in [5.41, 5.74) is -0.00964. The standard InChI is InChI=1S/C25H48N4S2/c1-5-9-17-26(18-10-6-2)21-28-23(30)25(15-13-14-16-25)29(24(28)31)22-27(19-11-7-3)20-12-8-4/h5-22H2,1-4H3. The van der Waals surface area contributed by atoms with Crippen LogP contribution in [0.1, 0.15) is 105 Å². The van der Waals surface area contributed by atoms with E-state index in [1.807, 2.05) is 0 Å². The fourth-order valence-electron chi connectivity index (χ4n) is 4.98. The van der Waals surface area contributed by atoms with E-state index in [1.165, 1.54) is 77.0 Å². The second-order valence-corrected chi connectivity index (χ2v) is 10.4. The molecule has 0 aromatic heterocycles. The lowest BCUT2D eigenvalue weighted by molar-refractivity contribution is 0.136. The highest BCUT2D eigenvalue weighted by Gasteiger charge is 2.53. The van der Waals surface area contributed by atoms with Gasteiger partial charge in [-0.05, 0) is 76.9 Å². The molecule has 180 valence electrons. The molecule has 1 heterocycles. The van der Waals surface area contributed by atoms with Gasteiger partial charge in [0, 0.05) is 0 Å². The van der Waals surface area contributed by atoms with Crippen molar-refractivity contribution in [2.24, 2.45) is 0 Å². The molecule has 0 amide bonds. The van der Waals surface area contributed by atoms with Gasteiger partial charge in [0.15, 0.2) is 5.11 Å². The van der Waals surface area contributed by atoms with Crippen LogP contribution in [0.3, 0.4) is 0 Å². The van der Waals surface area contributed by atoms with E-state index < -0.39 is 0 Å². The predicted octanol–water partition coefficient (Wildman–Crippen LogP) is 6.25. The van der Waals surface area contributed by atoms with Crippen LogP contribution in [0, 0.1) is 0 Å². The van der Waals surface area contributed by atoms with Crippen molar-refractivity contribution in [1.29, 1.82) is 0 Å². The van der Waals surface area contributed by atoms with Crippen molar-refractivity contribution in [2.75, 3.05) is 39.5 Å². The number of thiocarbonyl (C=S) groups is 2. The minimum Gasteiger partial charge on any atom is -0.324 e. The third kappa shape index (κ3) is 7.09. The van der Waals surface area contributed by atoms with E-state index in [0.717, 1.165) is 49.6 Å². The maximum Gasteiger partial charge on any atom is 0.179 e. The zero-order valence-corrected chi connectivity index (χ0v) is 22.5. The molecule has 2 rings (SSSR count). The van der Waals surface area contributed by atoms with Gasteiger partial charge >= 0.3 is 0 Å². The van der Waals surface area contributed by atoms with Crippen molar-refractivity contribution in [3.63, 3.8) is 0 Å². The summed E-state index contributed by atoms with van der Waals surface area (Å²) in [6.45, 7) is 15.6. The molecular formula is C25H48N4S2. The quantitative estimate of drug-likeness (QED) is 0.247. The third-order valence-electron chi connectivity index (χ3n) is 7.05. The van der Waals surface area contributed by atoms with Crippen molar-refractivity contribution in [2.45, 2.75) is 110 Å². The molecule has 1 aliphatic carbocycles. The van der Waals surface area contributed by atoms with Crippen molar-refractivity contribution in [3.05, 3.63) is 0 Å². The van der Waals surface area contributed by atoms with E-state index >= 15 is 0 Å². The molecule has 31 heavy (non-hydrogen) atoms. The molecule has 0 aromatic rings. The van der Waals surface area contributed by atoms with Gasteiger partial charge in [-0.1, -0.05) is 78.4 Å². The van der Waals surface area contributed by atoms with Crippen LogP contribution in [0.15, 0.2) is 0 Å². The maximum absolute atomic E-state index is 6.19. The molecule has 0 N–H and O–H groups in total. The lowest BCUT2D eigenvalue weighted by atomic mass is 9.97. The smallest absolute Gasteiger partial charge is 0.179 e. The highest BCUT2D eigenvalue weighted by Crippen LogP contribution is 2.43. The molecule has 1 saturated heterocycles. The van der Waals surface area contributed by atoms with Crippen LogP contribution in [-0.2, 0) is 0 Å². The Morgan fingerprint density at radius 3 is 1.55 bits per heavy atom. The molecule has 1 aliphatic heterocycles. The molecule has 4 nitrogen and oxygen atoms in total. The van der Waals surface area contributed by atoms with Crippen LogP contribution in [-0.4, -0.2) is 74.8 Å². The van der Waals surface area contributed by atoms with Gasteiger partial charge in [0.25, 0.3) is 0 Å². The minimum atomic E-state index is -0.00964. The fraction of sp³-hybridized carbons (Fsp3) is 0.920. The molecule has 6 heteroatoms. The second kappa shape index (κ2) is 14.1. The lowest BCUT2D eigenvalue weighted by Gasteiger charge is -2.38. The third-order valence-corrected chi connectivity index (χ3v) is 8.09. The first-order valence-electron chi connectivity index (χ1n) is 13.1. The minimum absolute atomic E-state index is 0.00964. The van der Waals surface area contributed by atoms with E-state index in [9.17, 15) is 0 Å². The fourth-order valence-corrected chi connectivity index (χ4v) is 5.88. The van der Waals surface area contributed by atoms with E-state index in [1.54, 1.807) is 0 Å². The first kappa shape index (κ1) is 26.9. The molecule has 0 unspecified atom stereocenters. The second-order valence-electron chi connectivity index (χ2n) is 9.62. The van der Waals surface area contributed by atoms with Crippen LogP contribution in [0.5, 0.6) is 0 Å². The van der Waals surface area contributed by atoms with E-state index in [0.29, 0.717) is 0 Å². The predicted molar refractivity (Wildman–Crippen MR) is 143 cm³/mol. The van der Waals surface area contributed by atoms with Crippen LogP contribution >= 0.6 is 24.4 Å². The Morgan fingerprint density at radius 2 is 1.13 bits per heavy atom. The molecular weight excluding hydrogens is 420 g/mol. The Labute approximate surface area is 203 Å². The molecule has 0 aromatic carbocycles. The molecule has 0 bridgehead atoms. The molecule has 0 atom stereocenters. The summed E-state index contributed by atoms with van der Waals surface area (Å²) < 4.78 is 0. The SMILES string of the molecule is CCCCN(CCCC)CN1C(=S)N(CN(CCCC)CCCC)C2(CCCC2)C1=S. The van der Waals surface area contributed by atoms with Crippen molar-refractivity contribution in [3.8, 4) is 0 Å². The Bertz CT molecular complexity index is 532. The van der Waals surface area contributed by atoms with Crippen LogP contribution in [0.25, 0.3) is 0 Å². The maximum atomic E-state index is 6.19. The van der Waals surface area contributed by atoms with Gasteiger partial charge in [-0.2, -0.15) is 0 Å². The largest absolute Gasteiger partial charge is 0.324 e. The summed E-state index contributed by atoms with van der Waals surface area (Å²) in [6.07, 6.45) is 14.8. The highest BCUT2D eigenvalue weighted by atomic mass is 32.1.